The number of rotatable bonds is 5. The third kappa shape index (κ3) is 4.00. The fraction of sp³-hybridized carbons (Fsp3) is 0.526. The largest absolute Gasteiger partial charge is 0.425 e. The molecule has 0 bridgehead atoms. The summed E-state index contributed by atoms with van der Waals surface area (Å²) >= 11 is 0. The van der Waals surface area contributed by atoms with Crippen molar-refractivity contribution in [3.05, 3.63) is 47.7 Å². The van der Waals surface area contributed by atoms with Crippen LogP contribution in [0.2, 0.25) is 0 Å². The zero-order valence-corrected chi connectivity index (χ0v) is 14.4. The smallest absolute Gasteiger partial charge is 0.317 e. The number of nitrogens with zero attached hydrogens (tertiary/aromatic N) is 3. The first-order chi connectivity index (χ1) is 12.3. The van der Waals surface area contributed by atoms with Crippen molar-refractivity contribution in [1.82, 2.24) is 20.4 Å². The summed E-state index contributed by atoms with van der Waals surface area (Å²) in [6, 6.07) is 10.2. The minimum absolute atomic E-state index is 0.0265. The molecule has 0 spiro atoms. The van der Waals surface area contributed by atoms with E-state index < -0.39 is 0 Å². The van der Waals surface area contributed by atoms with E-state index in [0.29, 0.717) is 12.5 Å². The summed E-state index contributed by atoms with van der Waals surface area (Å²) in [6.45, 7) is 2.14. The maximum absolute atomic E-state index is 12.3. The number of carbonyl (C=O) groups is 1. The first-order valence-corrected chi connectivity index (χ1v) is 9.19. The van der Waals surface area contributed by atoms with Gasteiger partial charge in [0, 0.05) is 31.5 Å². The van der Waals surface area contributed by atoms with Gasteiger partial charge in [0.25, 0.3) is 0 Å². The zero-order valence-electron chi connectivity index (χ0n) is 14.4. The molecule has 1 saturated heterocycles. The number of likely N-dealkylation sites (tertiary alicyclic amines) is 1. The van der Waals surface area contributed by atoms with Crippen LogP contribution in [0.25, 0.3) is 0 Å². The molecule has 2 fully saturated rings. The van der Waals surface area contributed by atoms with Crippen LogP contribution < -0.4 is 5.32 Å². The first-order valence-electron chi connectivity index (χ1n) is 9.19. The predicted octanol–water partition coefficient (Wildman–Crippen LogP) is 3.08. The second kappa shape index (κ2) is 7.25. The fourth-order valence-corrected chi connectivity index (χ4v) is 3.31. The highest BCUT2D eigenvalue weighted by Gasteiger charge is 2.32. The summed E-state index contributed by atoms with van der Waals surface area (Å²) in [5.41, 5.74) is 1.24. The van der Waals surface area contributed by atoms with E-state index in [0.717, 1.165) is 44.1 Å². The topological polar surface area (TPSA) is 71.3 Å². The third-order valence-corrected chi connectivity index (χ3v) is 5.05. The van der Waals surface area contributed by atoms with Crippen LogP contribution in [-0.2, 0) is 6.42 Å². The van der Waals surface area contributed by atoms with E-state index in [4.69, 9.17) is 4.42 Å². The Balaban J connectivity index is 1.21. The van der Waals surface area contributed by atoms with Crippen LogP contribution in [-0.4, -0.2) is 40.8 Å². The SMILES string of the molecule is O=C(NCCc1ccccc1)N1CCC(c2nnc(C3CC3)o2)CC1. The molecule has 1 aliphatic heterocycles. The van der Waals surface area contributed by atoms with E-state index in [9.17, 15) is 4.79 Å². The molecule has 0 radical (unpaired) electrons. The lowest BCUT2D eigenvalue weighted by Gasteiger charge is -2.30. The lowest BCUT2D eigenvalue weighted by molar-refractivity contribution is 0.177. The highest BCUT2D eigenvalue weighted by molar-refractivity contribution is 5.74. The molecule has 0 unspecified atom stereocenters. The molecule has 4 rings (SSSR count). The van der Waals surface area contributed by atoms with Gasteiger partial charge in [0.1, 0.15) is 0 Å². The van der Waals surface area contributed by atoms with Gasteiger partial charge in [0.2, 0.25) is 11.8 Å². The second-order valence-electron chi connectivity index (χ2n) is 6.98. The number of piperidine rings is 1. The van der Waals surface area contributed by atoms with Crippen LogP contribution >= 0.6 is 0 Å². The molecule has 6 nitrogen and oxygen atoms in total. The number of nitrogens with one attached hydrogen (secondary N) is 1. The Hall–Kier alpha value is -2.37. The van der Waals surface area contributed by atoms with E-state index in [1.54, 1.807) is 0 Å². The van der Waals surface area contributed by atoms with Crippen molar-refractivity contribution in [2.24, 2.45) is 0 Å². The number of aromatic nitrogens is 2. The van der Waals surface area contributed by atoms with E-state index in [1.165, 1.54) is 18.4 Å². The third-order valence-electron chi connectivity index (χ3n) is 5.05. The van der Waals surface area contributed by atoms with Crippen LogP contribution in [0.15, 0.2) is 34.7 Å². The summed E-state index contributed by atoms with van der Waals surface area (Å²) in [5, 5.41) is 11.4. The quantitative estimate of drug-likeness (QED) is 0.908. The first kappa shape index (κ1) is 16.1. The molecular weight excluding hydrogens is 316 g/mol. The Morgan fingerprint density at radius 3 is 2.32 bits per heavy atom. The van der Waals surface area contributed by atoms with Gasteiger partial charge in [-0.3, -0.25) is 0 Å². The van der Waals surface area contributed by atoms with Gasteiger partial charge in [0.05, 0.1) is 0 Å². The normalized spacial score (nSPS) is 18.3. The van der Waals surface area contributed by atoms with Crippen molar-refractivity contribution in [2.75, 3.05) is 19.6 Å². The number of amides is 2. The van der Waals surface area contributed by atoms with Gasteiger partial charge in [-0.05, 0) is 37.7 Å². The van der Waals surface area contributed by atoms with Gasteiger partial charge in [-0.15, -0.1) is 10.2 Å². The van der Waals surface area contributed by atoms with Gasteiger partial charge in [0.15, 0.2) is 0 Å². The van der Waals surface area contributed by atoms with Crippen molar-refractivity contribution in [3.63, 3.8) is 0 Å². The average Bonchev–Trinajstić information content (AvgIpc) is 3.40. The Kier molecular flexibility index (Phi) is 4.68. The number of benzene rings is 1. The molecule has 25 heavy (non-hydrogen) atoms. The Bertz CT molecular complexity index is 703. The van der Waals surface area contributed by atoms with Crippen LogP contribution in [0.5, 0.6) is 0 Å². The van der Waals surface area contributed by atoms with Crippen LogP contribution in [0.3, 0.4) is 0 Å². The zero-order chi connectivity index (χ0) is 17.1. The van der Waals surface area contributed by atoms with Crippen molar-refractivity contribution in [2.45, 2.75) is 43.9 Å². The molecule has 0 atom stereocenters. The molecule has 1 aromatic carbocycles. The number of carbonyl (C=O) groups excluding carboxylic acids is 1. The van der Waals surface area contributed by atoms with Gasteiger partial charge in [-0.1, -0.05) is 30.3 Å². The second-order valence-corrected chi connectivity index (χ2v) is 6.98. The minimum Gasteiger partial charge on any atom is -0.425 e. The van der Waals surface area contributed by atoms with Crippen molar-refractivity contribution < 1.29 is 9.21 Å². The Morgan fingerprint density at radius 1 is 1.04 bits per heavy atom. The average molecular weight is 340 g/mol. The van der Waals surface area contributed by atoms with Crippen LogP contribution in [0.1, 0.15) is 54.9 Å². The molecule has 2 aliphatic rings. The number of hydrogen-bond donors (Lipinski definition) is 1. The van der Waals surface area contributed by atoms with E-state index >= 15 is 0 Å². The van der Waals surface area contributed by atoms with Gasteiger partial charge in [-0.25, -0.2) is 4.79 Å². The summed E-state index contributed by atoms with van der Waals surface area (Å²) in [5.74, 6) is 2.34. The van der Waals surface area contributed by atoms with Crippen molar-refractivity contribution >= 4 is 6.03 Å². The van der Waals surface area contributed by atoms with Gasteiger partial charge in [-0.2, -0.15) is 0 Å². The van der Waals surface area contributed by atoms with Gasteiger partial charge >= 0.3 is 6.03 Å². The lowest BCUT2D eigenvalue weighted by Crippen LogP contribution is -2.44. The van der Waals surface area contributed by atoms with Crippen LogP contribution in [0, 0.1) is 0 Å². The fourth-order valence-electron chi connectivity index (χ4n) is 3.31. The molecular formula is C19H24N4O2. The summed E-state index contributed by atoms with van der Waals surface area (Å²) < 4.78 is 5.82. The highest BCUT2D eigenvalue weighted by Crippen LogP contribution is 2.40. The van der Waals surface area contributed by atoms with Gasteiger partial charge < -0.3 is 14.6 Å². The standard InChI is InChI=1S/C19H24N4O2/c24-19(20-11-8-14-4-2-1-3-5-14)23-12-9-16(10-13-23)18-22-21-17(25-18)15-6-7-15/h1-5,15-16H,6-13H2,(H,20,24). The monoisotopic (exact) mass is 340 g/mol. The predicted molar refractivity (Wildman–Crippen MR) is 93.4 cm³/mol. The van der Waals surface area contributed by atoms with Crippen molar-refractivity contribution in [3.8, 4) is 0 Å². The van der Waals surface area contributed by atoms with Crippen LogP contribution in [0.4, 0.5) is 4.79 Å². The molecule has 1 aromatic heterocycles. The van der Waals surface area contributed by atoms with E-state index in [2.05, 4.69) is 27.6 Å². The number of hydrogen-bond acceptors (Lipinski definition) is 4. The Morgan fingerprint density at radius 2 is 1.68 bits per heavy atom. The van der Waals surface area contributed by atoms with E-state index in [-0.39, 0.29) is 11.9 Å². The molecule has 2 amide bonds. The molecule has 1 aliphatic carbocycles. The molecule has 132 valence electrons. The van der Waals surface area contributed by atoms with E-state index in [1.807, 2.05) is 23.1 Å². The molecule has 6 heteroatoms. The molecule has 2 aromatic rings. The molecule has 1 saturated carbocycles. The maximum atomic E-state index is 12.3. The summed E-state index contributed by atoms with van der Waals surface area (Å²) in [7, 11) is 0. The Labute approximate surface area is 147 Å². The lowest BCUT2D eigenvalue weighted by atomic mass is 9.97. The maximum Gasteiger partial charge on any atom is 0.317 e. The summed E-state index contributed by atoms with van der Waals surface area (Å²) in [6.07, 6.45) is 4.97. The van der Waals surface area contributed by atoms with Crippen molar-refractivity contribution in [1.29, 1.82) is 0 Å². The molecule has 1 N–H and O–H groups in total. The minimum atomic E-state index is 0.0265. The molecule has 2 heterocycles. The number of urea groups is 1. The highest BCUT2D eigenvalue weighted by atomic mass is 16.4. The summed E-state index contributed by atoms with van der Waals surface area (Å²) in [4.78, 5) is 14.2.